The summed E-state index contributed by atoms with van der Waals surface area (Å²) in [6, 6.07) is 5.56. The minimum Gasteiger partial charge on any atom is -0.490 e. The molecule has 1 aromatic rings. The maximum atomic E-state index is 11.3. The van der Waals surface area contributed by atoms with E-state index >= 15 is 0 Å². The van der Waals surface area contributed by atoms with Gasteiger partial charge in [-0.2, -0.15) is 5.26 Å². The summed E-state index contributed by atoms with van der Waals surface area (Å²) >= 11 is 0. The van der Waals surface area contributed by atoms with Crippen LogP contribution >= 0.6 is 0 Å². The Labute approximate surface area is 103 Å². The topological polar surface area (TPSA) is 102 Å². The van der Waals surface area contributed by atoms with Gasteiger partial charge in [0, 0.05) is 6.07 Å². The van der Waals surface area contributed by atoms with Crippen molar-refractivity contribution >= 4 is 11.7 Å². The van der Waals surface area contributed by atoms with E-state index in [4.69, 9.17) is 10.00 Å². The van der Waals surface area contributed by atoms with E-state index in [0.29, 0.717) is 0 Å². The highest BCUT2D eigenvalue weighted by molar-refractivity contribution is 5.81. The number of methoxy groups -OCH3 is 2. The lowest BCUT2D eigenvalue weighted by Gasteiger charge is -2.08. The predicted octanol–water partition coefficient (Wildman–Crippen LogP) is 1.38. The quantitative estimate of drug-likeness (QED) is 0.454. The van der Waals surface area contributed by atoms with Crippen LogP contribution in [-0.2, 0) is 9.53 Å². The summed E-state index contributed by atoms with van der Waals surface area (Å²) in [7, 11) is 2.43. The zero-order chi connectivity index (χ0) is 13.7. The molecule has 0 aromatic heterocycles. The van der Waals surface area contributed by atoms with Gasteiger partial charge >= 0.3 is 11.7 Å². The molecule has 1 rings (SSSR count). The fourth-order valence-electron chi connectivity index (χ4n) is 1.41. The average Bonchev–Trinajstić information content (AvgIpc) is 2.38. The number of rotatable bonds is 4. The standard InChI is InChI=1S/C11H10N2O5/c1-17-10-5-7(3-4-9(10)13(15)16)8(6-12)11(14)18-2/h3-5,8H,1-2H3. The van der Waals surface area contributed by atoms with Gasteiger partial charge in [0.05, 0.1) is 25.2 Å². The van der Waals surface area contributed by atoms with Crippen LogP contribution in [0.4, 0.5) is 5.69 Å². The molecule has 18 heavy (non-hydrogen) atoms. The lowest BCUT2D eigenvalue weighted by atomic mass is 10.00. The molecule has 0 bridgehead atoms. The van der Waals surface area contributed by atoms with Crippen molar-refractivity contribution in [1.29, 1.82) is 5.26 Å². The molecular weight excluding hydrogens is 240 g/mol. The van der Waals surface area contributed by atoms with Crippen molar-refractivity contribution < 1.29 is 19.2 Å². The lowest BCUT2D eigenvalue weighted by molar-refractivity contribution is -0.385. The van der Waals surface area contributed by atoms with E-state index in [1.807, 2.05) is 0 Å². The Kier molecular flexibility index (Phi) is 4.21. The highest BCUT2D eigenvalue weighted by Gasteiger charge is 2.24. The fraction of sp³-hybridized carbons (Fsp3) is 0.273. The van der Waals surface area contributed by atoms with Crippen LogP contribution in [0.5, 0.6) is 5.75 Å². The Morgan fingerprint density at radius 3 is 2.61 bits per heavy atom. The van der Waals surface area contributed by atoms with Crippen LogP contribution in [0.25, 0.3) is 0 Å². The van der Waals surface area contributed by atoms with Gasteiger partial charge in [0.25, 0.3) is 0 Å². The first-order valence-corrected chi connectivity index (χ1v) is 4.85. The largest absolute Gasteiger partial charge is 0.490 e. The van der Waals surface area contributed by atoms with Crippen LogP contribution in [-0.4, -0.2) is 25.1 Å². The van der Waals surface area contributed by atoms with Gasteiger partial charge in [0.2, 0.25) is 0 Å². The van der Waals surface area contributed by atoms with Crippen LogP contribution in [0, 0.1) is 21.4 Å². The number of hydrogen-bond acceptors (Lipinski definition) is 6. The number of nitrogens with zero attached hydrogens (tertiary/aromatic N) is 2. The number of hydrogen-bond donors (Lipinski definition) is 0. The van der Waals surface area contributed by atoms with E-state index in [9.17, 15) is 14.9 Å². The predicted molar refractivity (Wildman–Crippen MR) is 60.0 cm³/mol. The number of carbonyl (C=O) groups excluding carboxylic acids is 1. The van der Waals surface area contributed by atoms with Crippen molar-refractivity contribution in [3.63, 3.8) is 0 Å². The van der Waals surface area contributed by atoms with E-state index in [1.54, 1.807) is 6.07 Å². The molecule has 0 spiro atoms. The highest BCUT2D eigenvalue weighted by Crippen LogP contribution is 2.30. The van der Waals surface area contributed by atoms with Gasteiger partial charge in [0.15, 0.2) is 11.7 Å². The first-order valence-electron chi connectivity index (χ1n) is 4.85. The molecule has 0 saturated heterocycles. The van der Waals surface area contributed by atoms with Crippen molar-refractivity contribution in [2.75, 3.05) is 14.2 Å². The fourth-order valence-corrected chi connectivity index (χ4v) is 1.41. The van der Waals surface area contributed by atoms with E-state index in [0.717, 1.165) is 7.11 Å². The van der Waals surface area contributed by atoms with Crippen LogP contribution in [0.15, 0.2) is 18.2 Å². The third-order valence-electron chi connectivity index (χ3n) is 2.30. The normalized spacial score (nSPS) is 11.2. The summed E-state index contributed by atoms with van der Waals surface area (Å²) < 4.78 is 9.32. The molecule has 7 heteroatoms. The minimum absolute atomic E-state index is 0.0124. The van der Waals surface area contributed by atoms with Gasteiger partial charge in [-0.1, -0.05) is 0 Å². The maximum absolute atomic E-state index is 11.3. The second-order valence-corrected chi connectivity index (χ2v) is 3.27. The van der Waals surface area contributed by atoms with Gasteiger partial charge in [0.1, 0.15) is 0 Å². The zero-order valence-corrected chi connectivity index (χ0v) is 9.75. The van der Waals surface area contributed by atoms with Crippen LogP contribution in [0.2, 0.25) is 0 Å². The number of esters is 1. The summed E-state index contributed by atoms with van der Waals surface area (Å²) in [5.74, 6) is -1.88. The van der Waals surface area contributed by atoms with Crippen LogP contribution < -0.4 is 4.74 Å². The Hall–Kier alpha value is -2.62. The van der Waals surface area contributed by atoms with Gasteiger partial charge < -0.3 is 9.47 Å². The Morgan fingerprint density at radius 1 is 1.50 bits per heavy atom. The van der Waals surface area contributed by atoms with E-state index in [-0.39, 0.29) is 17.0 Å². The first kappa shape index (κ1) is 13.4. The molecule has 0 amide bonds. The second-order valence-electron chi connectivity index (χ2n) is 3.27. The van der Waals surface area contributed by atoms with Crippen LogP contribution in [0.3, 0.4) is 0 Å². The number of ether oxygens (including phenoxy) is 2. The number of benzene rings is 1. The highest BCUT2D eigenvalue weighted by atomic mass is 16.6. The molecule has 0 fully saturated rings. The molecule has 0 radical (unpaired) electrons. The molecular formula is C11H10N2O5. The molecule has 0 saturated carbocycles. The molecule has 0 aliphatic heterocycles. The van der Waals surface area contributed by atoms with Crippen molar-refractivity contribution in [2.24, 2.45) is 0 Å². The number of carbonyl (C=O) groups is 1. The summed E-state index contributed by atoms with van der Waals surface area (Å²) in [6.07, 6.45) is 0. The Balaban J connectivity index is 3.24. The molecule has 1 unspecified atom stereocenters. The third-order valence-corrected chi connectivity index (χ3v) is 2.30. The number of nitro benzene ring substituents is 1. The van der Waals surface area contributed by atoms with Crippen LogP contribution in [0.1, 0.15) is 11.5 Å². The molecule has 0 aliphatic rings. The zero-order valence-electron chi connectivity index (χ0n) is 9.75. The minimum atomic E-state index is -1.13. The molecule has 0 aliphatic carbocycles. The Morgan fingerprint density at radius 2 is 2.17 bits per heavy atom. The maximum Gasteiger partial charge on any atom is 0.327 e. The molecule has 1 atom stereocenters. The third kappa shape index (κ3) is 2.55. The van der Waals surface area contributed by atoms with Gasteiger partial charge in [-0.3, -0.25) is 14.9 Å². The number of nitro groups is 1. The van der Waals surface area contributed by atoms with E-state index in [2.05, 4.69) is 4.74 Å². The smallest absolute Gasteiger partial charge is 0.327 e. The lowest BCUT2D eigenvalue weighted by Crippen LogP contribution is -2.12. The second kappa shape index (κ2) is 5.63. The van der Waals surface area contributed by atoms with Crippen molar-refractivity contribution in [3.05, 3.63) is 33.9 Å². The molecule has 1 aromatic carbocycles. The van der Waals surface area contributed by atoms with Crippen molar-refractivity contribution in [3.8, 4) is 11.8 Å². The van der Waals surface area contributed by atoms with Gasteiger partial charge in [-0.25, -0.2) is 0 Å². The summed E-state index contributed by atoms with van der Waals surface area (Å²) in [5, 5.41) is 19.6. The van der Waals surface area contributed by atoms with E-state index < -0.39 is 16.8 Å². The Bertz CT molecular complexity index is 521. The van der Waals surface area contributed by atoms with Crippen molar-refractivity contribution in [1.82, 2.24) is 0 Å². The monoisotopic (exact) mass is 250 g/mol. The van der Waals surface area contributed by atoms with Gasteiger partial charge in [-0.15, -0.1) is 0 Å². The summed E-state index contributed by atoms with van der Waals surface area (Å²) in [5.41, 5.74) is 0.0506. The first-order chi connectivity index (χ1) is 8.54. The summed E-state index contributed by atoms with van der Waals surface area (Å²) in [6.45, 7) is 0. The SMILES string of the molecule is COC(=O)C(C#N)c1ccc([N+](=O)[O-])c(OC)c1. The average molecular weight is 250 g/mol. The summed E-state index contributed by atoms with van der Waals surface area (Å²) in [4.78, 5) is 21.4. The number of nitriles is 1. The van der Waals surface area contributed by atoms with Gasteiger partial charge in [-0.05, 0) is 17.7 Å². The molecule has 0 heterocycles. The molecule has 7 nitrogen and oxygen atoms in total. The van der Waals surface area contributed by atoms with E-state index in [1.165, 1.54) is 25.3 Å². The van der Waals surface area contributed by atoms with Crippen molar-refractivity contribution in [2.45, 2.75) is 5.92 Å². The molecule has 0 N–H and O–H groups in total. The molecule has 94 valence electrons.